The Kier molecular flexibility index (Phi) is 4.06. The van der Waals surface area contributed by atoms with Crippen LogP contribution in [0, 0.1) is 11.3 Å². The first-order valence-corrected chi connectivity index (χ1v) is 9.22. The first kappa shape index (κ1) is 15.9. The number of methoxy groups -OCH3 is 1. The Morgan fingerprint density at radius 1 is 1.16 bits per heavy atom. The van der Waals surface area contributed by atoms with E-state index in [4.69, 9.17) is 9.72 Å². The van der Waals surface area contributed by atoms with Gasteiger partial charge < -0.3 is 9.64 Å². The maximum Gasteiger partial charge on any atom is 0.186 e. The highest BCUT2D eigenvalue weighted by atomic mass is 32.1. The quantitative estimate of drug-likeness (QED) is 0.705. The topological polar surface area (TPSA) is 49.1 Å². The molecule has 4 rings (SSSR count). The van der Waals surface area contributed by atoms with Crippen molar-refractivity contribution in [1.82, 2.24) is 4.98 Å². The molecule has 2 heterocycles. The summed E-state index contributed by atoms with van der Waals surface area (Å²) in [6.07, 6.45) is 1.60. The lowest BCUT2D eigenvalue weighted by Crippen LogP contribution is -2.42. The summed E-state index contributed by atoms with van der Waals surface area (Å²) < 4.78 is 6.54. The average Bonchev–Trinajstić information content (AvgIpc) is 3.12. The van der Waals surface area contributed by atoms with Gasteiger partial charge in [-0.1, -0.05) is 35.6 Å². The fraction of sp³-hybridized carbons (Fsp3) is 0.300. The molecule has 2 aromatic carbocycles. The molecule has 5 heteroatoms. The molecule has 0 spiro atoms. The van der Waals surface area contributed by atoms with Crippen molar-refractivity contribution in [1.29, 1.82) is 5.26 Å². The van der Waals surface area contributed by atoms with Crippen molar-refractivity contribution < 1.29 is 4.74 Å². The maximum atomic E-state index is 9.91. The fourth-order valence-corrected chi connectivity index (χ4v) is 4.48. The molecule has 0 aliphatic carbocycles. The van der Waals surface area contributed by atoms with E-state index in [9.17, 15) is 5.26 Å². The van der Waals surface area contributed by atoms with Crippen molar-refractivity contribution >= 4 is 26.7 Å². The van der Waals surface area contributed by atoms with Gasteiger partial charge in [0.2, 0.25) is 0 Å². The van der Waals surface area contributed by atoms with E-state index >= 15 is 0 Å². The van der Waals surface area contributed by atoms with Crippen LogP contribution in [-0.2, 0) is 5.41 Å². The highest BCUT2D eigenvalue weighted by Gasteiger charge is 2.37. The van der Waals surface area contributed by atoms with Gasteiger partial charge in [0.1, 0.15) is 5.75 Å². The minimum absolute atomic E-state index is 0.443. The van der Waals surface area contributed by atoms with E-state index in [2.05, 4.69) is 23.1 Å². The molecule has 0 saturated carbocycles. The van der Waals surface area contributed by atoms with E-state index in [0.717, 1.165) is 47.9 Å². The number of anilines is 1. The molecule has 0 unspecified atom stereocenters. The van der Waals surface area contributed by atoms with Gasteiger partial charge in [-0.05, 0) is 42.7 Å². The zero-order valence-corrected chi connectivity index (χ0v) is 14.9. The number of fused-ring (bicyclic) bond motifs is 1. The van der Waals surface area contributed by atoms with Crippen molar-refractivity contribution in [2.24, 2.45) is 0 Å². The molecule has 126 valence electrons. The second-order valence-electron chi connectivity index (χ2n) is 6.38. The van der Waals surface area contributed by atoms with Crippen LogP contribution in [0.4, 0.5) is 5.13 Å². The molecular weight excluding hydrogens is 330 g/mol. The molecule has 25 heavy (non-hydrogen) atoms. The van der Waals surface area contributed by atoms with Gasteiger partial charge in [-0.25, -0.2) is 4.98 Å². The lowest BCUT2D eigenvalue weighted by atomic mass is 9.74. The number of para-hydroxylation sites is 1. The first-order valence-electron chi connectivity index (χ1n) is 8.40. The van der Waals surface area contributed by atoms with Crippen LogP contribution in [0.15, 0.2) is 48.5 Å². The molecule has 0 atom stereocenters. The lowest BCUT2D eigenvalue weighted by molar-refractivity contribution is 0.400. The van der Waals surface area contributed by atoms with Gasteiger partial charge in [0.15, 0.2) is 5.13 Å². The molecule has 0 radical (unpaired) electrons. The Labute approximate surface area is 151 Å². The molecule has 0 N–H and O–H groups in total. The number of ether oxygens (including phenoxy) is 1. The Morgan fingerprint density at radius 2 is 1.96 bits per heavy atom. The van der Waals surface area contributed by atoms with Crippen molar-refractivity contribution in [2.45, 2.75) is 18.3 Å². The summed E-state index contributed by atoms with van der Waals surface area (Å²) in [6.45, 7) is 1.68. The predicted octanol–water partition coefficient (Wildman–Crippen LogP) is 4.37. The number of aromatic nitrogens is 1. The van der Waals surface area contributed by atoms with E-state index in [1.54, 1.807) is 18.4 Å². The summed E-state index contributed by atoms with van der Waals surface area (Å²) in [5.41, 5.74) is 1.66. The monoisotopic (exact) mass is 349 g/mol. The Bertz CT molecular complexity index is 902. The third-order valence-corrected chi connectivity index (χ3v) is 6.10. The van der Waals surface area contributed by atoms with Crippen molar-refractivity contribution in [3.63, 3.8) is 0 Å². The van der Waals surface area contributed by atoms with E-state index in [1.165, 1.54) is 4.70 Å². The van der Waals surface area contributed by atoms with Gasteiger partial charge in [0.25, 0.3) is 0 Å². The molecular formula is C20H19N3OS. The number of nitriles is 1. The standard InChI is InChI=1S/C20H19N3OS/c1-24-16-6-4-5-15(13-16)20(14-21)9-11-23(12-10-20)19-22-17-7-2-3-8-18(17)25-19/h2-8,13H,9-12H2,1H3. The van der Waals surface area contributed by atoms with Crippen molar-refractivity contribution in [3.8, 4) is 11.8 Å². The largest absolute Gasteiger partial charge is 0.497 e. The van der Waals surface area contributed by atoms with Gasteiger partial charge in [-0.2, -0.15) is 5.26 Å². The van der Waals surface area contributed by atoms with Crippen LogP contribution in [0.2, 0.25) is 0 Å². The normalized spacial score (nSPS) is 16.6. The van der Waals surface area contributed by atoms with Crippen molar-refractivity contribution in [2.75, 3.05) is 25.1 Å². The number of benzene rings is 2. The first-order chi connectivity index (χ1) is 12.2. The molecule has 1 saturated heterocycles. The number of piperidine rings is 1. The zero-order chi connectivity index (χ0) is 17.3. The summed E-state index contributed by atoms with van der Waals surface area (Å²) in [6, 6.07) is 18.7. The van der Waals surface area contributed by atoms with Crippen LogP contribution >= 0.6 is 11.3 Å². The smallest absolute Gasteiger partial charge is 0.186 e. The SMILES string of the molecule is COc1cccc(C2(C#N)CCN(c3nc4ccccc4s3)CC2)c1. The van der Waals surface area contributed by atoms with Gasteiger partial charge >= 0.3 is 0 Å². The van der Waals surface area contributed by atoms with Crippen LogP contribution in [-0.4, -0.2) is 25.2 Å². The molecule has 0 bridgehead atoms. The average molecular weight is 349 g/mol. The van der Waals surface area contributed by atoms with Crippen molar-refractivity contribution in [3.05, 3.63) is 54.1 Å². The van der Waals surface area contributed by atoms with E-state index in [-0.39, 0.29) is 0 Å². The molecule has 1 aliphatic rings. The van der Waals surface area contributed by atoms with Crippen LogP contribution in [0.1, 0.15) is 18.4 Å². The minimum atomic E-state index is -0.443. The highest BCUT2D eigenvalue weighted by molar-refractivity contribution is 7.22. The van der Waals surface area contributed by atoms with E-state index < -0.39 is 5.41 Å². The molecule has 1 aliphatic heterocycles. The van der Waals surface area contributed by atoms with Gasteiger partial charge in [-0.3, -0.25) is 0 Å². The molecule has 4 nitrogen and oxygen atoms in total. The Morgan fingerprint density at radius 3 is 2.68 bits per heavy atom. The van der Waals surface area contributed by atoms with Gasteiger partial charge in [0, 0.05) is 13.1 Å². The number of nitrogens with zero attached hydrogens (tertiary/aromatic N) is 3. The second kappa shape index (κ2) is 6.38. The summed E-state index contributed by atoms with van der Waals surface area (Å²) in [5.74, 6) is 0.806. The number of rotatable bonds is 3. The number of hydrogen-bond donors (Lipinski definition) is 0. The molecule has 0 amide bonds. The predicted molar refractivity (Wildman–Crippen MR) is 101 cm³/mol. The summed E-state index contributed by atoms with van der Waals surface area (Å²) in [5, 5.41) is 11.0. The Hall–Kier alpha value is -2.58. The number of hydrogen-bond acceptors (Lipinski definition) is 5. The molecule has 3 aromatic rings. The second-order valence-corrected chi connectivity index (χ2v) is 7.39. The third-order valence-electron chi connectivity index (χ3n) is 5.01. The Balaban J connectivity index is 1.57. The molecule has 1 fully saturated rings. The minimum Gasteiger partial charge on any atom is -0.497 e. The number of thiazole rings is 1. The zero-order valence-electron chi connectivity index (χ0n) is 14.1. The van der Waals surface area contributed by atoms with E-state index in [1.807, 2.05) is 36.4 Å². The van der Waals surface area contributed by atoms with Crippen LogP contribution in [0.3, 0.4) is 0 Å². The van der Waals surface area contributed by atoms with E-state index in [0.29, 0.717) is 0 Å². The summed E-state index contributed by atoms with van der Waals surface area (Å²) in [7, 11) is 1.66. The van der Waals surface area contributed by atoms with Crippen LogP contribution in [0.5, 0.6) is 5.75 Å². The maximum absolute atomic E-state index is 9.91. The molecule has 1 aromatic heterocycles. The summed E-state index contributed by atoms with van der Waals surface area (Å²) >= 11 is 1.73. The van der Waals surface area contributed by atoms with Crippen LogP contribution in [0.25, 0.3) is 10.2 Å². The van der Waals surface area contributed by atoms with Crippen LogP contribution < -0.4 is 9.64 Å². The summed E-state index contributed by atoms with van der Waals surface area (Å²) in [4.78, 5) is 7.06. The fourth-order valence-electron chi connectivity index (χ4n) is 3.46. The van der Waals surface area contributed by atoms with Gasteiger partial charge in [0.05, 0.1) is 28.8 Å². The highest BCUT2D eigenvalue weighted by Crippen LogP contribution is 2.39. The third kappa shape index (κ3) is 2.83. The van der Waals surface area contributed by atoms with Gasteiger partial charge in [-0.15, -0.1) is 0 Å². The lowest BCUT2D eigenvalue weighted by Gasteiger charge is -2.37.